The third-order valence-electron chi connectivity index (χ3n) is 3.82. The van der Waals surface area contributed by atoms with E-state index in [1.807, 2.05) is 6.07 Å². The molecule has 0 amide bonds. The van der Waals surface area contributed by atoms with Gasteiger partial charge in [-0.2, -0.15) is 5.26 Å². The summed E-state index contributed by atoms with van der Waals surface area (Å²) in [4.78, 5) is 23.9. The molecule has 0 aliphatic carbocycles. The number of hydrogen-bond donors (Lipinski definition) is 2. The first kappa shape index (κ1) is 22.5. The third kappa shape index (κ3) is 6.70. The van der Waals surface area contributed by atoms with Crippen LogP contribution in [0.5, 0.6) is 0 Å². The van der Waals surface area contributed by atoms with Crippen LogP contribution in [0.15, 0.2) is 72.3 Å². The number of benzene rings is 2. The summed E-state index contributed by atoms with van der Waals surface area (Å²) in [5.74, 6) is -2.55. The van der Waals surface area contributed by atoms with Crippen molar-refractivity contribution in [2.45, 2.75) is 0 Å². The van der Waals surface area contributed by atoms with Crippen molar-refractivity contribution in [3.8, 4) is 6.07 Å². The normalized spacial score (nSPS) is 12.0. The van der Waals surface area contributed by atoms with Gasteiger partial charge < -0.3 is 10.5 Å². The van der Waals surface area contributed by atoms with Gasteiger partial charge in [0.25, 0.3) is 10.0 Å². The van der Waals surface area contributed by atoms with Crippen molar-refractivity contribution in [3.63, 3.8) is 0 Å². The molecule has 0 unspecified atom stereocenters. The zero-order valence-electron chi connectivity index (χ0n) is 15.9. The van der Waals surface area contributed by atoms with Gasteiger partial charge in [0.1, 0.15) is 5.70 Å². The van der Waals surface area contributed by atoms with Crippen molar-refractivity contribution < 1.29 is 28.5 Å². The molecule has 4 N–H and O–H groups in total. The summed E-state index contributed by atoms with van der Waals surface area (Å²) in [6, 6.07) is 16.2. The standard InChI is InChI=1S/C21H19N3O5S/c1-15(23)19(13-22)20(25)14-29-21(26)17-7-9-18(10-8-17)24-30(27,28)12-11-16-5-3-2-4-6-16/h2-12,19,24H,1,14,23H2/p+1/b12-11+/t19-/m0/s1. The van der Waals surface area contributed by atoms with E-state index in [1.54, 1.807) is 30.3 Å². The first-order valence-corrected chi connectivity index (χ1v) is 10.2. The molecular formula is C21H20N3O5S+. The number of nitrogens with zero attached hydrogens (tertiary/aromatic N) is 1. The fourth-order valence-corrected chi connectivity index (χ4v) is 3.17. The Morgan fingerprint density at radius 1 is 1.17 bits per heavy atom. The van der Waals surface area contributed by atoms with Crippen molar-refractivity contribution in [2.75, 3.05) is 11.3 Å². The average molecular weight is 426 g/mol. The second-order valence-electron chi connectivity index (χ2n) is 6.20. The SMILES string of the molecule is C=C([NH3+])[C@H](C#N)C(=O)COC(=O)c1ccc(NS(=O)(=O)/C=C/c2ccccc2)cc1. The highest BCUT2D eigenvalue weighted by Gasteiger charge is 2.23. The first-order chi connectivity index (χ1) is 14.2. The quantitative estimate of drug-likeness (QED) is 0.585. The van der Waals surface area contributed by atoms with E-state index in [4.69, 9.17) is 10.00 Å². The van der Waals surface area contributed by atoms with Crippen molar-refractivity contribution in [3.05, 3.63) is 83.4 Å². The number of allylic oxidation sites excluding steroid dienone is 1. The minimum atomic E-state index is -3.74. The average Bonchev–Trinajstić information content (AvgIpc) is 2.72. The molecule has 1 atom stereocenters. The van der Waals surface area contributed by atoms with Crippen LogP contribution in [-0.2, 0) is 19.6 Å². The summed E-state index contributed by atoms with van der Waals surface area (Å²) >= 11 is 0. The molecular weight excluding hydrogens is 406 g/mol. The molecule has 0 spiro atoms. The zero-order valence-corrected chi connectivity index (χ0v) is 16.8. The fraction of sp³-hybridized carbons (Fsp3) is 0.0952. The molecule has 0 heterocycles. The summed E-state index contributed by atoms with van der Waals surface area (Å²) < 4.78 is 31.6. The number of esters is 1. The highest BCUT2D eigenvalue weighted by atomic mass is 32.2. The molecule has 30 heavy (non-hydrogen) atoms. The van der Waals surface area contributed by atoms with Gasteiger partial charge >= 0.3 is 5.97 Å². The zero-order chi connectivity index (χ0) is 22.1. The van der Waals surface area contributed by atoms with Gasteiger partial charge in [-0.3, -0.25) is 9.52 Å². The number of ether oxygens (including phenoxy) is 1. The molecule has 0 bridgehead atoms. The summed E-state index contributed by atoms with van der Waals surface area (Å²) in [7, 11) is -3.74. The van der Waals surface area contributed by atoms with Crippen molar-refractivity contribution in [1.29, 1.82) is 5.26 Å². The predicted octanol–water partition coefficient (Wildman–Crippen LogP) is 1.72. The maximum absolute atomic E-state index is 12.2. The largest absolute Gasteiger partial charge is 0.454 e. The van der Waals surface area contributed by atoms with E-state index in [2.05, 4.69) is 17.0 Å². The number of anilines is 1. The van der Waals surface area contributed by atoms with Crippen molar-refractivity contribution in [1.82, 2.24) is 0 Å². The lowest BCUT2D eigenvalue weighted by Gasteiger charge is -2.08. The summed E-state index contributed by atoms with van der Waals surface area (Å²) in [5, 5.41) is 9.94. The van der Waals surface area contributed by atoms with Gasteiger partial charge in [0.05, 0.1) is 17.0 Å². The molecule has 0 radical (unpaired) electrons. The minimum Gasteiger partial charge on any atom is -0.454 e. The Hall–Kier alpha value is -3.74. The van der Waals surface area contributed by atoms with E-state index in [-0.39, 0.29) is 16.9 Å². The number of nitriles is 1. The Kier molecular flexibility index (Phi) is 7.63. The van der Waals surface area contributed by atoms with Crippen molar-refractivity contribution in [2.24, 2.45) is 5.92 Å². The van der Waals surface area contributed by atoms with E-state index in [0.717, 1.165) is 11.0 Å². The number of Topliss-reactive ketones (excluding diaryl/α,β-unsaturated/α-hetero) is 1. The number of carbonyl (C=O) groups is 2. The topological polar surface area (TPSA) is 141 Å². The monoisotopic (exact) mass is 426 g/mol. The fourth-order valence-electron chi connectivity index (χ4n) is 2.30. The summed E-state index contributed by atoms with van der Waals surface area (Å²) in [6.07, 6.45) is 1.46. The van der Waals surface area contributed by atoms with Crippen LogP contribution >= 0.6 is 0 Å². The number of hydrogen-bond acceptors (Lipinski definition) is 6. The molecule has 2 aromatic carbocycles. The van der Waals surface area contributed by atoms with E-state index in [1.165, 1.54) is 30.3 Å². The third-order valence-corrected chi connectivity index (χ3v) is 4.84. The van der Waals surface area contributed by atoms with Crippen molar-refractivity contribution >= 4 is 33.5 Å². The molecule has 9 heteroatoms. The first-order valence-electron chi connectivity index (χ1n) is 8.68. The molecule has 0 aromatic heterocycles. The summed E-state index contributed by atoms with van der Waals surface area (Å²) in [6.45, 7) is 2.85. The maximum atomic E-state index is 12.2. The minimum absolute atomic E-state index is 0.118. The molecule has 0 saturated carbocycles. The van der Waals surface area contributed by atoms with Crippen LogP contribution in [0.4, 0.5) is 5.69 Å². The Morgan fingerprint density at radius 3 is 2.37 bits per heavy atom. The summed E-state index contributed by atoms with van der Waals surface area (Å²) in [5.41, 5.74) is 4.67. The number of ketones is 1. The van der Waals surface area contributed by atoms with Gasteiger partial charge in [0.15, 0.2) is 18.3 Å². The second-order valence-corrected chi connectivity index (χ2v) is 7.77. The predicted molar refractivity (Wildman–Crippen MR) is 111 cm³/mol. The molecule has 154 valence electrons. The van der Waals surface area contributed by atoms with Crippen LogP contribution in [0.25, 0.3) is 6.08 Å². The van der Waals surface area contributed by atoms with Crippen LogP contribution in [0.1, 0.15) is 15.9 Å². The molecule has 2 aromatic rings. The van der Waals surface area contributed by atoms with Crippen LogP contribution in [-0.4, -0.2) is 26.8 Å². The van der Waals surface area contributed by atoms with Gasteiger partial charge in [0.2, 0.25) is 0 Å². The molecule has 0 saturated heterocycles. The number of quaternary nitrogens is 1. The van der Waals surface area contributed by atoms with Crippen LogP contribution in [0.2, 0.25) is 0 Å². The Morgan fingerprint density at radius 2 is 1.80 bits per heavy atom. The lowest BCUT2D eigenvalue weighted by Crippen LogP contribution is -2.51. The molecule has 8 nitrogen and oxygen atoms in total. The molecule has 0 aliphatic rings. The van der Waals surface area contributed by atoms with Gasteiger partial charge in [-0.1, -0.05) is 30.3 Å². The Bertz CT molecular complexity index is 1100. The second kappa shape index (κ2) is 10.2. The van der Waals surface area contributed by atoms with E-state index < -0.39 is 34.3 Å². The number of nitrogens with one attached hydrogen (secondary N) is 1. The van der Waals surface area contributed by atoms with Crippen LogP contribution in [0, 0.1) is 17.2 Å². The number of sulfonamides is 1. The molecule has 0 fully saturated rings. The molecule has 2 rings (SSSR count). The number of carbonyl (C=O) groups excluding carboxylic acids is 2. The Balaban J connectivity index is 1.96. The van der Waals surface area contributed by atoms with Gasteiger partial charge in [-0.15, -0.1) is 0 Å². The van der Waals surface area contributed by atoms with Gasteiger partial charge in [-0.25, -0.2) is 13.2 Å². The Labute approximate surface area is 174 Å². The van der Waals surface area contributed by atoms with Crippen LogP contribution < -0.4 is 10.5 Å². The lowest BCUT2D eigenvalue weighted by molar-refractivity contribution is -0.309. The van der Waals surface area contributed by atoms with Gasteiger partial charge in [-0.05, 0) is 42.5 Å². The smallest absolute Gasteiger partial charge is 0.338 e. The maximum Gasteiger partial charge on any atom is 0.338 e. The highest BCUT2D eigenvalue weighted by molar-refractivity contribution is 7.95. The van der Waals surface area contributed by atoms with E-state index >= 15 is 0 Å². The number of rotatable bonds is 9. The molecule has 0 aliphatic heterocycles. The van der Waals surface area contributed by atoms with Gasteiger partial charge in [0, 0.05) is 5.69 Å². The van der Waals surface area contributed by atoms with Crippen LogP contribution in [0.3, 0.4) is 0 Å². The van der Waals surface area contributed by atoms with E-state index in [9.17, 15) is 18.0 Å². The van der Waals surface area contributed by atoms with E-state index in [0.29, 0.717) is 0 Å². The lowest BCUT2D eigenvalue weighted by atomic mass is 10.0. The highest BCUT2D eigenvalue weighted by Crippen LogP contribution is 2.14.